The van der Waals surface area contributed by atoms with Gasteiger partial charge in [0.25, 0.3) is 5.91 Å². The predicted octanol–water partition coefficient (Wildman–Crippen LogP) is 3.13. The number of hydrogen-bond acceptors (Lipinski definition) is 3. The number of rotatable bonds is 5. The Labute approximate surface area is 136 Å². The highest BCUT2D eigenvalue weighted by Gasteiger charge is 2.17. The van der Waals surface area contributed by atoms with Crippen LogP contribution in [0.2, 0.25) is 5.02 Å². The van der Waals surface area contributed by atoms with Crippen LogP contribution in [0.15, 0.2) is 41.8 Å². The van der Waals surface area contributed by atoms with Gasteiger partial charge in [0, 0.05) is 18.1 Å². The van der Waals surface area contributed by atoms with Crippen molar-refractivity contribution < 1.29 is 9.90 Å². The molecule has 2 N–H and O–H groups in total. The third-order valence-corrected chi connectivity index (χ3v) is 4.66. The number of aliphatic hydroxyl groups excluding tert-OH is 1. The topological polar surface area (TPSA) is 54.3 Å². The zero-order valence-electron chi connectivity index (χ0n) is 11.8. The Bertz CT molecular complexity index is 809. The van der Waals surface area contributed by atoms with Crippen molar-refractivity contribution in [1.29, 1.82) is 0 Å². The number of carbonyl (C=O) groups excluding carboxylic acids is 1. The molecule has 0 saturated carbocycles. The van der Waals surface area contributed by atoms with Crippen LogP contribution in [0.25, 0.3) is 10.2 Å². The molecule has 1 aromatic carbocycles. The first-order valence-corrected chi connectivity index (χ1v) is 8.15. The lowest BCUT2D eigenvalue weighted by molar-refractivity contribution is 0.0936. The molecule has 1 amide bonds. The largest absolute Gasteiger partial charge is 0.395 e. The standard InChI is InChI=1S/C16H15ClN2O2S/c17-12-4-2-1-3-11(12)10-19-13-5-8-22-15(13)9-14(19)16(21)18-6-7-20/h1-5,8-9,20H,6-7,10H2,(H,18,21). The molecule has 0 spiro atoms. The lowest BCUT2D eigenvalue weighted by Crippen LogP contribution is -2.28. The highest BCUT2D eigenvalue weighted by atomic mass is 35.5. The van der Waals surface area contributed by atoms with Gasteiger partial charge in [0.15, 0.2) is 0 Å². The lowest BCUT2D eigenvalue weighted by atomic mass is 10.2. The summed E-state index contributed by atoms with van der Waals surface area (Å²) >= 11 is 7.83. The maximum absolute atomic E-state index is 12.3. The van der Waals surface area contributed by atoms with Crippen molar-refractivity contribution in [2.24, 2.45) is 0 Å². The number of nitrogens with one attached hydrogen (secondary N) is 1. The molecule has 0 atom stereocenters. The molecule has 0 radical (unpaired) electrons. The van der Waals surface area contributed by atoms with E-state index in [1.165, 1.54) is 0 Å². The zero-order chi connectivity index (χ0) is 15.5. The van der Waals surface area contributed by atoms with Crippen LogP contribution in [-0.4, -0.2) is 28.7 Å². The molecule has 3 rings (SSSR count). The van der Waals surface area contributed by atoms with Gasteiger partial charge in [-0.05, 0) is 29.1 Å². The van der Waals surface area contributed by atoms with E-state index in [1.807, 2.05) is 46.3 Å². The number of benzene rings is 1. The van der Waals surface area contributed by atoms with E-state index < -0.39 is 0 Å². The Morgan fingerprint density at radius 2 is 2.14 bits per heavy atom. The van der Waals surface area contributed by atoms with Gasteiger partial charge in [-0.3, -0.25) is 4.79 Å². The average molecular weight is 335 g/mol. The molecule has 2 heterocycles. The minimum Gasteiger partial charge on any atom is -0.395 e. The molecule has 2 aromatic heterocycles. The number of aliphatic hydroxyl groups is 1. The second-order valence-corrected chi connectivity index (χ2v) is 6.21. The highest BCUT2D eigenvalue weighted by molar-refractivity contribution is 7.17. The molecule has 114 valence electrons. The number of nitrogens with zero attached hydrogens (tertiary/aromatic N) is 1. The van der Waals surface area contributed by atoms with Crippen LogP contribution in [-0.2, 0) is 6.54 Å². The predicted molar refractivity (Wildman–Crippen MR) is 89.8 cm³/mol. The minimum atomic E-state index is -0.190. The van der Waals surface area contributed by atoms with Crippen molar-refractivity contribution in [1.82, 2.24) is 9.88 Å². The van der Waals surface area contributed by atoms with Crippen LogP contribution in [0.3, 0.4) is 0 Å². The van der Waals surface area contributed by atoms with Crippen molar-refractivity contribution >= 4 is 39.1 Å². The smallest absolute Gasteiger partial charge is 0.268 e. The molecule has 22 heavy (non-hydrogen) atoms. The Morgan fingerprint density at radius 1 is 1.32 bits per heavy atom. The Balaban J connectivity index is 2.01. The van der Waals surface area contributed by atoms with Gasteiger partial charge < -0.3 is 15.0 Å². The van der Waals surface area contributed by atoms with Crippen LogP contribution in [0, 0.1) is 0 Å². The number of amides is 1. The minimum absolute atomic E-state index is 0.0780. The van der Waals surface area contributed by atoms with Crippen molar-refractivity contribution in [2.75, 3.05) is 13.2 Å². The summed E-state index contributed by atoms with van der Waals surface area (Å²) in [6.45, 7) is 0.691. The van der Waals surface area contributed by atoms with Gasteiger partial charge in [-0.2, -0.15) is 0 Å². The number of aromatic nitrogens is 1. The summed E-state index contributed by atoms with van der Waals surface area (Å²) in [7, 11) is 0. The number of carbonyl (C=O) groups is 1. The van der Waals surface area contributed by atoms with E-state index in [0.717, 1.165) is 15.8 Å². The number of fused-ring (bicyclic) bond motifs is 1. The van der Waals surface area contributed by atoms with Gasteiger partial charge in [0.2, 0.25) is 0 Å². The number of hydrogen-bond donors (Lipinski definition) is 2. The molecular weight excluding hydrogens is 320 g/mol. The first-order chi connectivity index (χ1) is 10.7. The van der Waals surface area contributed by atoms with Crippen LogP contribution in [0.4, 0.5) is 0 Å². The molecule has 0 aliphatic heterocycles. The molecule has 0 unspecified atom stereocenters. The summed E-state index contributed by atoms with van der Waals surface area (Å²) in [6.07, 6.45) is 0. The average Bonchev–Trinajstić information content (AvgIpc) is 3.09. The van der Waals surface area contributed by atoms with E-state index in [2.05, 4.69) is 5.32 Å². The van der Waals surface area contributed by atoms with E-state index in [0.29, 0.717) is 17.3 Å². The molecule has 6 heteroatoms. The Hall–Kier alpha value is -1.82. The summed E-state index contributed by atoms with van der Waals surface area (Å²) in [5, 5.41) is 14.3. The van der Waals surface area contributed by atoms with Crippen LogP contribution >= 0.6 is 22.9 Å². The monoisotopic (exact) mass is 334 g/mol. The van der Waals surface area contributed by atoms with Crippen molar-refractivity contribution in [3.8, 4) is 0 Å². The molecular formula is C16H15ClN2O2S. The third-order valence-electron chi connectivity index (χ3n) is 3.44. The molecule has 3 aromatic rings. The summed E-state index contributed by atoms with van der Waals surface area (Å²) in [5.41, 5.74) is 2.55. The van der Waals surface area contributed by atoms with Crippen molar-refractivity contribution in [3.05, 3.63) is 58.1 Å². The summed E-state index contributed by atoms with van der Waals surface area (Å²) < 4.78 is 3.01. The quantitative estimate of drug-likeness (QED) is 0.753. The maximum atomic E-state index is 12.3. The molecule has 4 nitrogen and oxygen atoms in total. The van der Waals surface area contributed by atoms with E-state index in [1.54, 1.807) is 11.3 Å². The van der Waals surface area contributed by atoms with Crippen molar-refractivity contribution in [3.63, 3.8) is 0 Å². The van der Waals surface area contributed by atoms with Gasteiger partial charge in [-0.1, -0.05) is 29.8 Å². The molecule has 0 saturated heterocycles. The fraction of sp³-hybridized carbons (Fsp3) is 0.188. The van der Waals surface area contributed by atoms with E-state index >= 15 is 0 Å². The molecule has 0 fully saturated rings. The van der Waals surface area contributed by atoms with Crippen LogP contribution in [0.5, 0.6) is 0 Å². The Morgan fingerprint density at radius 3 is 2.91 bits per heavy atom. The van der Waals surface area contributed by atoms with E-state index in [4.69, 9.17) is 16.7 Å². The highest BCUT2D eigenvalue weighted by Crippen LogP contribution is 2.27. The van der Waals surface area contributed by atoms with Gasteiger partial charge in [0.1, 0.15) is 5.69 Å². The number of halogens is 1. The van der Waals surface area contributed by atoms with E-state index in [-0.39, 0.29) is 19.1 Å². The van der Waals surface area contributed by atoms with Gasteiger partial charge in [-0.25, -0.2) is 0 Å². The van der Waals surface area contributed by atoms with E-state index in [9.17, 15) is 4.79 Å². The van der Waals surface area contributed by atoms with Crippen molar-refractivity contribution in [2.45, 2.75) is 6.54 Å². The Kier molecular flexibility index (Phi) is 4.47. The van der Waals surface area contributed by atoms with Crippen LogP contribution in [0.1, 0.15) is 16.1 Å². The molecule has 0 aliphatic rings. The fourth-order valence-corrected chi connectivity index (χ4v) is 3.41. The fourth-order valence-electron chi connectivity index (χ4n) is 2.39. The van der Waals surface area contributed by atoms with Gasteiger partial charge >= 0.3 is 0 Å². The van der Waals surface area contributed by atoms with Crippen LogP contribution < -0.4 is 5.32 Å². The van der Waals surface area contributed by atoms with Gasteiger partial charge in [0.05, 0.1) is 16.8 Å². The first-order valence-electron chi connectivity index (χ1n) is 6.90. The third kappa shape index (κ3) is 2.88. The maximum Gasteiger partial charge on any atom is 0.268 e. The second-order valence-electron chi connectivity index (χ2n) is 4.86. The second kappa shape index (κ2) is 6.52. The summed E-state index contributed by atoms with van der Waals surface area (Å²) in [4.78, 5) is 12.3. The molecule has 0 bridgehead atoms. The van der Waals surface area contributed by atoms with Gasteiger partial charge in [-0.15, -0.1) is 11.3 Å². The normalized spacial score (nSPS) is 11.0. The summed E-state index contributed by atoms with van der Waals surface area (Å²) in [5.74, 6) is -0.190. The summed E-state index contributed by atoms with van der Waals surface area (Å²) in [6, 6.07) is 11.5. The lowest BCUT2D eigenvalue weighted by Gasteiger charge is -2.11. The zero-order valence-corrected chi connectivity index (χ0v) is 13.3. The molecule has 0 aliphatic carbocycles. The SMILES string of the molecule is O=C(NCCO)c1cc2sccc2n1Cc1ccccc1Cl. The first kappa shape index (κ1) is 15.1. The number of thiophene rings is 1.